The molecule has 0 saturated carbocycles. The molecule has 35 heavy (non-hydrogen) atoms. The first kappa shape index (κ1) is 25.7. The first-order valence-electron chi connectivity index (χ1n) is 10.8. The Bertz CT molecular complexity index is 1250. The minimum Gasteiger partial charge on any atom is -0.493 e. The summed E-state index contributed by atoms with van der Waals surface area (Å²) in [4.78, 5) is 24.0. The number of carboxylic acids is 1. The average Bonchev–Trinajstić information content (AvgIpc) is 2.81. The van der Waals surface area contributed by atoms with Gasteiger partial charge in [0, 0.05) is 12.1 Å². The molecule has 0 spiro atoms. The van der Waals surface area contributed by atoms with Gasteiger partial charge in [-0.1, -0.05) is 25.1 Å². The maximum Gasteiger partial charge on any atom is 0.416 e. The zero-order chi connectivity index (χ0) is 25.8. The summed E-state index contributed by atoms with van der Waals surface area (Å²) in [5, 5.41) is 11.9. The van der Waals surface area contributed by atoms with Crippen LogP contribution in [0.4, 0.5) is 17.6 Å². The molecule has 5 nitrogen and oxygen atoms in total. The summed E-state index contributed by atoms with van der Waals surface area (Å²) in [6.45, 7) is 3.92. The van der Waals surface area contributed by atoms with E-state index in [4.69, 9.17) is 4.74 Å². The van der Waals surface area contributed by atoms with Crippen LogP contribution in [0.3, 0.4) is 0 Å². The zero-order valence-corrected chi connectivity index (χ0v) is 19.0. The van der Waals surface area contributed by atoms with Gasteiger partial charge in [0.25, 0.3) is 5.91 Å². The van der Waals surface area contributed by atoms with Crippen molar-refractivity contribution in [2.45, 2.75) is 33.0 Å². The smallest absolute Gasteiger partial charge is 0.416 e. The quantitative estimate of drug-likeness (QED) is 0.368. The van der Waals surface area contributed by atoms with Crippen LogP contribution in [-0.4, -0.2) is 23.6 Å². The first-order chi connectivity index (χ1) is 16.5. The lowest BCUT2D eigenvalue weighted by atomic mass is 9.98. The van der Waals surface area contributed by atoms with Crippen LogP contribution in [0.2, 0.25) is 0 Å². The third-order valence-corrected chi connectivity index (χ3v) is 5.30. The molecule has 0 saturated heterocycles. The van der Waals surface area contributed by atoms with E-state index in [0.29, 0.717) is 40.7 Å². The van der Waals surface area contributed by atoms with E-state index in [2.05, 4.69) is 5.32 Å². The zero-order valence-electron chi connectivity index (χ0n) is 19.0. The molecule has 0 aliphatic heterocycles. The summed E-state index contributed by atoms with van der Waals surface area (Å²) in [5.74, 6) is -2.76. The lowest BCUT2D eigenvalue weighted by molar-refractivity contribution is -0.137. The molecule has 0 bridgehead atoms. The van der Waals surface area contributed by atoms with Crippen LogP contribution < -0.4 is 10.1 Å². The minimum atomic E-state index is -4.72. The van der Waals surface area contributed by atoms with Crippen molar-refractivity contribution in [3.8, 4) is 16.9 Å². The van der Waals surface area contributed by atoms with Gasteiger partial charge in [-0.3, -0.25) is 4.79 Å². The van der Waals surface area contributed by atoms with Crippen molar-refractivity contribution in [3.63, 3.8) is 0 Å². The predicted octanol–water partition coefficient (Wildman–Crippen LogP) is 6.24. The van der Waals surface area contributed by atoms with Crippen molar-refractivity contribution in [2.24, 2.45) is 0 Å². The van der Waals surface area contributed by atoms with E-state index < -0.39 is 35.0 Å². The fraction of sp³-hybridized carbons (Fsp3) is 0.231. The molecule has 0 aliphatic carbocycles. The largest absolute Gasteiger partial charge is 0.493 e. The maximum atomic E-state index is 14.2. The lowest BCUT2D eigenvalue weighted by Crippen LogP contribution is -2.24. The number of ether oxygens (including phenoxy) is 1. The fourth-order valence-corrected chi connectivity index (χ4v) is 3.43. The molecular weight excluding hydrogens is 466 g/mol. The first-order valence-corrected chi connectivity index (χ1v) is 10.8. The molecule has 3 rings (SSSR count). The molecule has 0 fully saturated rings. The van der Waals surface area contributed by atoms with Crippen molar-refractivity contribution in [2.75, 3.05) is 6.61 Å². The normalized spacial score (nSPS) is 11.3. The van der Waals surface area contributed by atoms with Crippen molar-refractivity contribution in [1.82, 2.24) is 5.32 Å². The highest BCUT2D eigenvalue weighted by atomic mass is 19.4. The molecule has 0 radical (unpaired) electrons. The number of nitrogens with one attached hydrogen (secondary N) is 1. The van der Waals surface area contributed by atoms with Crippen LogP contribution in [-0.2, 0) is 12.7 Å². The number of hydrogen-bond donors (Lipinski definition) is 2. The van der Waals surface area contributed by atoms with Gasteiger partial charge in [0.2, 0.25) is 0 Å². The van der Waals surface area contributed by atoms with Gasteiger partial charge in [0.05, 0.1) is 23.3 Å². The van der Waals surface area contributed by atoms with Crippen molar-refractivity contribution >= 4 is 11.9 Å². The number of amides is 1. The second kappa shape index (κ2) is 10.6. The number of alkyl halides is 3. The van der Waals surface area contributed by atoms with Crippen LogP contribution in [0.25, 0.3) is 11.1 Å². The predicted molar refractivity (Wildman–Crippen MR) is 122 cm³/mol. The van der Waals surface area contributed by atoms with Gasteiger partial charge in [-0.2, -0.15) is 13.2 Å². The van der Waals surface area contributed by atoms with Crippen LogP contribution in [0.1, 0.15) is 50.8 Å². The highest BCUT2D eigenvalue weighted by Crippen LogP contribution is 2.31. The summed E-state index contributed by atoms with van der Waals surface area (Å²) in [5.41, 5.74) is 0.895. The third-order valence-electron chi connectivity index (χ3n) is 5.30. The SMILES string of the molecule is CCCOc1ccc(-c2ccc(C)c(C(=O)O)c2)cc1CNC(=O)c1ccc(C(F)(F)F)cc1F. The molecule has 9 heteroatoms. The third kappa shape index (κ3) is 6.17. The minimum absolute atomic E-state index is 0.0934. The van der Waals surface area contributed by atoms with Crippen molar-refractivity contribution in [3.05, 3.63) is 88.2 Å². The number of aromatic carboxylic acids is 1. The molecule has 3 aromatic carbocycles. The second-order valence-electron chi connectivity index (χ2n) is 7.88. The Hall–Kier alpha value is -3.88. The topological polar surface area (TPSA) is 75.6 Å². The summed E-state index contributed by atoms with van der Waals surface area (Å²) >= 11 is 0. The van der Waals surface area contributed by atoms with Gasteiger partial charge in [-0.15, -0.1) is 0 Å². The molecule has 0 unspecified atom stereocenters. The highest BCUT2D eigenvalue weighted by molar-refractivity contribution is 5.94. The van der Waals surface area contributed by atoms with Crippen molar-refractivity contribution in [1.29, 1.82) is 0 Å². The number of rotatable bonds is 8. The van der Waals surface area contributed by atoms with Crippen LogP contribution in [0.15, 0.2) is 54.6 Å². The van der Waals surface area contributed by atoms with Crippen LogP contribution in [0.5, 0.6) is 5.75 Å². The molecule has 0 atom stereocenters. The maximum absolute atomic E-state index is 14.2. The summed E-state index contributed by atoms with van der Waals surface area (Å²) in [6.07, 6.45) is -4.00. The van der Waals surface area contributed by atoms with Gasteiger partial charge in [0.1, 0.15) is 11.6 Å². The van der Waals surface area contributed by atoms with E-state index in [1.807, 2.05) is 6.92 Å². The molecule has 0 aromatic heterocycles. The lowest BCUT2D eigenvalue weighted by Gasteiger charge is -2.15. The number of hydrogen-bond acceptors (Lipinski definition) is 3. The van der Waals surface area contributed by atoms with E-state index in [1.165, 1.54) is 0 Å². The van der Waals surface area contributed by atoms with E-state index in [-0.39, 0.29) is 18.2 Å². The van der Waals surface area contributed by atoms with Crippen LogP contribution in [0, 0.1) is 12.7 Å². The van der Waals surface area contributed by atoms with Gasteiger partial charge in [0.15, 0.2) is 0 Å². The second-order valence-corrected chi connectivity index (χ2v) is 7.88. The summed E-state index contributed by atoms with van der Waals surface area (Å²) in [7, 11) is 0. The Kier molecular flexibility index (Phi) is 7.78. The van der Waals surface area contributed by atoms with Crippen molar-refractivity contribution < 1.29 is 37.0 Å². The fourth-order valence-electron chi connectivity index (χ4n) is 3.43. The summed E-state index contributed by atoms with van der Waals surface area (Å²) < 4.78 is 58.2. The standard InChI is InChI=1S/C26H23F4NO4/c1-3-10-35-23-9-6-16(17-5-4-15(2)21(12-17)25(33)34)11-18(23)14-31-24(32)20-8-7-19(13-22(20)27)26(28,29)30/h4-9,11-13H,3,10,14H2,1-2H3,(H,31,32)(H,33,34). The van der Waals surface area contributed by atoms with Crippen LogP contribution >= 0.6 is 0 Å². The highest BCUT2D eigenvalue weighted by Gasteiger charge is 2.31. The Morgan fingerprint density at radius 3 is 2.29 bits per heavy atom. The molecule has 0 aliphatic rings. The van der Waals surface area contributed by atoms with E-state index in [9.17, 15) is 32.3 Å². The Morgan fingerprint density at radius 1 is 0.971 bits per heavy atom. The number of carbonyl (C=O) groups excluding carboxylic acids is 1. The molecule has 1 amide bonds. The van der Waals surface area contributed by atoms with E-state index in [0.717, 1.165) is 12.5 Å². The number of halogens is 4. The Balaban J connectivity index is 1.88. The van der Waals surface area contributed by atoms with E-state index in [1.54, 1.807) is 43.3 Å². The number of carboxylic acid groups (broad SMARTS) is 1. The van der Waals surface area contributed by atoms with Gasteiger partial charge >= 0.3 is 12.1 Å². The van der Waals surface area contributed by atoms with Gasteiger partial charge in [-0.25, -0.2) is 9.18 Å². The molecule has 184 valence electrons. The molecule has 0 heterocycles. The summed E-state index contributed by atoms with van der Waals surface area (Å²) in [6, 6.07) is 11.9. The number of carbonyl (C=O) groups is 2. The number of aryl methyl sites for hydroxylation is 1. The molecule has 3 aromatic rings. The van der Waals surface area contributed by atoms with E-state index >= 15 is 0 Å². The average molecular weight is 489 g/mol. The number of benzene rings is 3. The monoisotopic (exact) mass is 489 g/mol. The molecule has 2 N–H and O–H groups in total. The van der Waals surface area contributed by atoms with Gasteiger partial charge < -0.3 is 15.2 Å². The Labute approximate surface area is 199 Å². The van der Waals surface area contributed by atoms with Gasteiger partial charge in [-0.05, 0) is 66.4 Å². The molecular formula is C26H23F4NO4. The Morgan fingerprint density at radius 2 is 1.66 bits per heavy atom.